The van der Waals surface area contributed by atoms with Crippen LogP contribution in [0.2, 0.25) is 0 Å². The van der Waals surface area contributed by atoms with Crippen LogP contribution in [0.3, 0.4) is 0 Å². The molecule has 3 atom stereocenters. The van der Waals surface area contributed by atoms with Crippen LogP contribution in [0.25, 0.3) is 0 Å². The lowest BCUT2D eigenvalue weighted by Gasteiger charge is -2.66. The first-order valence-corrected chi connectivity index (χ1v) is 6.81. The highest BCUT2D eigenvalue weighted by Crippen LogP contribution is 2.50. The normalized spacial score (nSPS) is 49.6. The van der Waals surface area contributed by atoms with Gasteiger partial charge in [0.25, 0.3) is 0 Å². The lowest BCUT2D eigenvalue weighted by molar-refractivity contribution is -0.201. The first-order chi connectivity index (χ1) is 8.62. The van der Waals surface area contributed by atoms with Gasteiger partial charge in [-0.1, -0.05) is 37.3 Å². The summed E-state index contributed by atoms with van der Waals surface area (Å²) in [7, 11) is 0. The van der Waals surface area contributed by atoms with Crippen molar-refractivity contribution in [3.8, 4) is 0 Å². The predicted molar refractivity (Wildman–Crippen MR) is 70.2 cm³/mol. The molecule has 0 aliphatic carbocycles. The Morgan fingerprint density at radius 2 is 1.67 bits per heavy atom. The average molecular weight is 244 g/mol. The molecule has 0 saturated carbocycles. The number of aliphatic hydroxyl groups excluding tert-OH is 1. The van der Waals surface area contributed by atoms with Crippen LogP contribution in [0, 0.1) is 5.41 Å². The summed E-state index contributed by atoms with van der Waals surface area (Å²) in [6.45, 7) is 7.41. The molecule has 4 fully saturated rings. The third kappa shape index (κ3) is 1.25. The second-order valence-electron chi connectivity index (χ2n) is 6.69. The predicted octanol–water partition coefficient (Wildman–Crippen LogP) is 0.894. The van der Waals surface area contributed by atoms with E-state index in [-0.39, 0.29) is 16.9 Å². The van der Waals surface area contributed by atoms with Crippen LogP contribution >= 0.6 is 0 Å². The fraction of sp³-hybridized carbons (Fsp3) is 0.600. The molecule has 4 saturated heterocycles. The van der Waals surface area contributed by atoms with E-state index >= 15 is 0 Å². The van der Waals surface area contributed by atoms with Gasteiger partial charge in [0.1, 0.15) is 0 Å². The molecule has 1 N–H and O–H groups in total. The Kier molecular flexibility index (Phi) is 2.04. The lowest BCUT2D eigenvalue weighted by Crippen LogP contribution is -2.78. The molecule has 1 aromatic carbocycles. The van der Waals surface area contributed by atoms with Crippen molar-refractivity contribution in [1.82, 2.24) is 9.80 Å². The molecule has 4 aliphatic heterocycles. The van der Waals surface area contributed by atoms with Crippen LogP contribution in [0.15, 0.2) is 30.3 Å². The molecule has 4 bridgehead atoms. The van der Waals surface area contributed by atoms with Crippen molar-refractivity contribution in [2.24, 2.45) is 5.41 Å². The minimum absolute atomic E-state index is 0.0323. The molecule has 3 unspecified atom stereocenters. The molecule has 1 aromatic rings. The van der Waals surface area contributed by atoms with Gasteiger partial charge < -0.3 is 5.11 Å². The van der Waals surface area contributed by atoms with E-state index in [1.165, 1.54) is 5.56 Å². The molecule has 3 nitrogen and oxygen atoms in total. The van der Waals surface area contributed by atoms with Gasteiger partial charge in [-0.25, -0.2) is 0 Å². The van der Waals surface area contributed by atoms with E-state index in [2.05, 4.69) is 47.1 Å². The fourth-order valence-electron chi connectivity index (χ4n) is 4.64. The standard InChI is InChI=1S/C15H20N2O/c1-14-7-16-9-15(13(14)18,10-17(8-14)11-16)12-5-3-2-4-6-12/h2-6,13,18H,7-11H2,1H3. The Balaban J connectivity index is 1.85. The lowest BCUT2D eigenvalue weighted by atomic mass is 9.58. The number of nitrogens with zero attached hydrogens (tertiary/aromatic N) is 2. The molecular formula is C15H20N2O. The van der Waals surface area contributed by atoms with Gasteiger partial charge in [0, 0.05) is 37.0 Å². The van der Waals surface area contributed by atoms with E-state index in [0.717, 1.165) is 32.8 Å². The van der Waals surface area contributed by atoms with Crippen LogP contribution in [0.4, 0.5) is 0 Å². The topological polar surface area (TPSA) is 26.7 Å². The summed E-state index contributed by atoms with van der Waals surface area (Å²) in [4.78, 5) is 5.01. The van der Waals surface area contributed by atoms with E-state index in [0.29, 0.717) is 0 Å². The van der Waals surface area contributed by atoms with Crippen molar-refractivity contribution in [2.75, 3.05) is 32.8 Å². The Morgan fingerprint density at radius 1 is 1.06 bits per heavy atom. The summed E-state index contributed by atoms with van der Waals surface area (Å²) in [5.41, 5.74) is 1.26. The monoisotopic (exact) mass is 244 g/mol. The minimum Gasteiger partial charge on any atom is -0.391 e. The Hall–Kier alpha value is -0.900. The van der Waals surface area contributed by atoms with E-state index in [9.17, 15) is 5.11 Å². The summed E-state index contributed by atoms with van der Waals surface area (Å²) in [5.74, 6) is 0. The van der Waals surface area contributed by atoms with Gasteiger partial charge in [-0.2, -0.15) is 0 Å². The molecule has 18 heavy (non-hydrogen) atoms. The van der Waals surface area contributed by atoms with E-state index in [1.807, 2.05) is 0 Å². The quantitative estimate of drug-likeness (QED) is 0.795. The third-order valence-corrected chi connectivity index (χ3v) is 5.11. The van der Waals surface area contributed by atoms with Crippen LogP contribution in [0.1, 0.15) is 12.5 Å². The largest absolute Gasteiger partial charge is 0.391 e. The van der Waals surface area contributed by atoms with E-state index in [1.54, 1.807) is 0 Å². The Bertz CT molecular complexity index is 459. The van der Waals surface area contributed by atoms with Gasteiger partial charge in [0.05, 0.1) is 12.8 Å². The highest BCUT2D eigenvalue weighted by atomic mass is 16.3. The van der Waals surface area contributed by atoms with Crippen molar-refractivity contribution in [2.45, 2.75) is 18.4 Å². The van der Waals surface area contributed by atoms with Crippen molar-refractivity contribution in [3.05, 3.63) is 35.9 Å². The number of aliphatic hydroxyl groups is 1. The van der Waals surface area contributed by atoms with Crippen LogP contribution in [-0.4, -0.2) is 53.9 Å². The van der Waals surface area contributed by atoms with Crippen molar-refractivity contribution < 1.29 is 5.11 Å². The highest BCUT2D eigenvalue weighted by Gasteiger charge is 2.61. The summed E-state index contributed by atoms with van der Waals surface area (Å²) in [5, 5.41) is 10.9. The maximum absolute atomic E-state index is 10.9. The Morgan fingerprint density at radius 3 is 2.28 bits per heavy atom. The van der Waals surface area contributed by atoms with Gasteiger partial charge >= 0.3 is 0 Å². The molecule has 0 spiro atoms. The third-order valence-electron chi connectivity index (χ3n) is 5.11. The minimum atomic E-state index is -0.222. The number of rotatable bonds is 1. The molecule has 0 radical (unpaired) electrons. The fourth-order valence-corrected chi connectivity index (χ4v) is 4.64. The Labute approximate surface area is 108 Å². The zero-order valence-electron chi connectivity index (χ0n) is 10.8. The molecule has 3 heteroatoms. The van der Waals surface area contributed by atoms with Crippen LogP contribution in [0.5, 0.6) is 0 Å². The van der Waals surface area contributed by atoms with Gasteiger partial charge in [0.2, 0.25) is 0 Å². The van der Waals surface area contributed by atoms with Crippen molar-refractivity contribution in [1.29, 1.82) is 0 Å². The van der Waals surface area contributed by atoms with Crippen LogP contribution < -0.4 is 0 Å². The van der Waals surface area contributed by atoms with Gasteiger partial charge in [-0.15, -0.1) is 0 Å². The molecule has 96 valence electrons. The molecular weight excluding hydrogens is 224 g/mol. The summed E-state index contributed by atoms with van der Waals surface area (Å²) >= 11 is 0. The molecule has 0 aromatic heterocycles. The van der Waals surface area contributed by atoms with Gasteiger partial charge in [-0.3, -0.25) is 9.80 Å². The maximum atomic E-state index is 10.9. The number of hydrogen-bond donors (Lipinski definition) is 1. The van der Waals surface area contributed by atoms with E-state index in [4.69, 9.17) is 0 Å². The summed E-state index contributed by atoms with van der Waals surface area (Å²) < 4.78 is 0. The number of piperidine rings is 2. The molecule has 5 rings (SSSR count). The van der Waals surface area contributed by atoms with E-state index < -0.39 is 0 Å². The van der Waals surface area contributed by atoms with Crippen molar-refractivity contribution in [3.63, 3.8) is 0 Å². The van der Waals surface area contributed by atoms with Gasteiger partial charge in [0.15, 0.2) is 0 Å². The second-order valence-corrected chi connectivity index (χ2v) is 6.69. The first kappa shape index (κ1) is 11.0. The highest BCUT2D eigenvalue weighted by molar-refractivity contribution is 5.33. The molecule has 4 aliphatic rings. The smallest absolute Gasteiger partial charge is 0.0739 e. The summed E-state index contributed by atoms with van der Waals surface area (Å²) in [6, 6.07) is 10.6. The number of benzene rings is 1. The zero-order chi connectivity index (χ0) is 12.4. The second kappa shape index (κ2) is 3.35. The van der Waals surface area contributed by atoms with Crippen LogP contribution in [-0.2, 0) is 5.41 Å². The maximum Gasteiger partial charge on any atom is 0.0739 e. The molecule has 0 amide bonds. The molecule has 4 heterocycles. The summed E-state index contributed by atoms with van der Waals surface area (Å²) in [6.07, 6.45) is -0.222. The van der Waals surface area contributed by atoms with Crippen molar-refractivity contribution >= 4 is 0 Å². The average Bonchev–Trinajstić information content (AvgIpc) is 2.36. The first-order valence-electron chi connectivity index (χ1n) is 6.81. The zero-order valence-corrected chi connectivity index (χ0v) is 10.8. The SMILES string of the molecule is CC12CN3CN(C1)CC(c1ccccc1)(C3)C2O. The van der Waals surface area contributed by atoms with Gasteiger partial charge in [-0.05, 0) is 5.56 Å². The number of hydrogen-bond acceptors (Lipinski definition) is 3.